The van der Waals surface area contributed by atoms with Crippen molar-refractivity contribution in [2.45, 2.75) is 79.8 Å². The maximum atomic E-state index is 14.3. The van der Waals surface area contributed by atoms with Crippen LogP contribution < -0.4 is 14.7 Å². The Morgan fingerprint density at radius 3 is 2.36 bits per heavy atom. The highest BCUT2D eigenvalue weighted by atomic mass is 16.3. The van der Waals surface area contributed by atoms with Gasteiger partial charge in [-0.3, -0.25) is 14.5 Å². The SMILES string of the molecule is CCN(CC)c1cc(N2CCN(CC(=O)[C@@]3(O)C(C)C[C@H]4[C@@H]5CCC6=CC(=O)C=C[C@]6(C)C5=CC[C@@]43C)CC2)nc(N(CC)CC)n1. The van der Waals surface area contributed by atoms with Gasteiger partial charge in [0.15, 0.2) is 11.6 Å². The highest BCUT2D eigenvalue weighted by molar-refractivity contribution is 6.01. The van der Waals surface area contributed by atoms with E-state index in [1.165, 1.54) is 11.1 Å². The fourth-order valence-corrected chi connectivity index (χ4v) is 9.85. The van der Waals surface area contributed by atoms with Gasteiger partial charge < -0.3 is 19.8 Å². The zero-order chi connectivity index (χ0) is 33.7. The van der Waals surface area contributed by atoms with E-state index in [-0.39, 0.29) is 35.4 Å². The predicted octanol–water partition coefficient (Wildman–Crippen LogP) is 5.07. The summed E-state index contributed by atoms with van der Waals surface area (Å²) in [5, 5.41) is 12.5. The predicted molar refractivity (Wildman–Crippen MR) is 189 cm³/mol. The summed E-state index contributed by atoms with van der Waals surface area (Å²) < 4.78 is 0. The van der Waals surface area contributed by atoms with Crippen molar-refractivity contribution in [1.29, 1.82) is 0 Å². The lowest BCUT2D eigenvalue weighted by Gasteiger charge is -2.54. The molecule has 1 aromatic rings. The van der Waals surface area contributed by atoms with Gasteiger partial charge in [-0.2, -0.15) is 9.97 Å². The van der Waals surface area contributed by atoms with Crippen molar-refractivity contribution in [3.8, 4) is 0 Å². The molecule has 0 amide bonds. The number of allylic oxidation sites excluding steroid dienone is 6. The lowest BCUT2D eigenvalue weighted by atomic mass is 9.51. The molecule has 2 saturated carbocycles. The van der Waals surface area contributed by atoms with Gasteiger partial charge in [-0.25, -0.2) is 0 Å². The van der Waals surface area contributed by atoms with E-state index in [0.717, 1.165) is 89.2 Å². The molecule has 1 aromatic heterocycles. The Labute approximate surface area is 281 Å². The topological polar surface area (TPSA) is 93.1 Å². The van der Waals surface area contributed by atoms with E-state index in [9.17, 15) is 14.7 Å². The van der Waals surface area contributed by atoms with Gasteiger partial charge in [0.25, 0.3) is 0 Å². The summed E-state index contributed by atoms with van der Waals surface area (Å²) in [5.41, 5.74) is 0.500. The van der Waals surface area contributed by atoms with Crippen molar-refractivity contribution in [1.82, 2.24) is 14.9 Å². The molecule has 6 rings (SSSR count). The minimum absolute atomic E-state index is 0.0271. The van der Waals surface area contributed by atoms with Crippen molar-refractivity contribution in [3.05, 3.63) is 41.5 Å². The zero-order valence-electron chi connectivity index (χ0n) is 29.8. The number of carbonyl (C=O) groups excluding carboxylic acids is 2. The number of piperazine rings is 1. The summed E-state index contributed by atoms with van der Waals surface area (Å²) in [6.45, 7) is 21.8. The molecular formula is C38H56N6O3. The Kier molecular flexibility index (Phi) is 9.20. The first-order valence-corrected chi connectivity index (χ1v) is 18.2. The molecule has 1 aliphatic heterocycles. The van der Waals surface area contributed by atoms with Crippen LogP contribution in [-0.4, -0.2) is 96.0 Å². The van der Waals surface area contributed by atoms with Crippen molar-refractivity contribution in [2.75, 3.05) is 73.6 Å². The van der Waals surface area contributed by atoms with Crippen LogP contribution >= 0.6 is 0 Å². The van der Waals surface area contributed by atoms with Crippen LogP contribution in [0.25, 0.3) is 0 Å². The minimum Gasteiger partial charge on any atom is -0.381 e. The quantitative estimate of drug-likeness (QED) is 0.351. The summed E-state index contributed by atoms with van der Waals surface area (Å²) in [5.74, 6) is 3.17. The third-order valence-corrected chi connectivity index (χ3v) is 12.8. The zero-order valence-corrected chi connectivity index (χ0v) is 29.8. The van der Waals surface area contributed by atoms with Crippen LogP contribution in [0.4, 0.5) is 17.6 Å². The molecule has 1 unspecified atom stereocenters. The molecule has 256 valence electrons. The molecule has 0 bridgehead atoms. The first-order chi connectivity index (χ1) is 22.4. The maximum Gasteiger partial charge on any atom is 0.229 e. The lowest BCUT2D eigenvalue weighted by Crippen LogP contribution is -2.60. The van der Waals surface area contributed by atoms with Gasteiger partial charge in [-0.15, -0.1) is 0 Å². The van der Waals surface area contributed by atoms with Crippen molar-refractivity contribution < 1.29 is 14.7 Å². The first kappa shape index (κ1) is 33.8. The number of anilines is 3. The molecule has 5 aliphatic rings. The fourth-order valence-electron chi connectivity index (χ4n) is 9.85. The number of ketones is 2. The highest BCUT2D eigenvalue weighted by Crippen LogP contribution is 2.66. The van der Waals surface area contributed by atoms with Crippen LogP contribution in [0.5, 0.6) is 0 Å². The van der Waals surface area contributed by atoms with Crippen LogP contribution in [0.3, 0.4) is 0 Å². The molecule has 4 aliphatic carbocycles. The molecule has 9 heteroatoms. The van der Waals surface area contributed by atoms with Gasteiger partial charge in [0.1, 0.15) is 17.2 Å². The molecule has 0 spiro atoms. The molecule has 9 nitrogen and oxygen atoms in total. The van der Waals surface area contributed by atoms with E-state index in [1.807, 2.05) is 6.08 Å². The van der Waals surface area contributed by atoms with Gasteiger partial charge >= 0.3 is 0 Å². The van der Waals surface area contributed by atoms with E-state index in [4.69, 9.17) is 9.97 Å². The number of hydrogen-bond acceptors (Lipinski definition) is 9. The summed E-state index contributed by atoms with van der Waals surface area (Å²) in [4.78, 5) is 45.4. The number of carbonyl (C=O) groups is 2. The van der Waals surface area contributed by atoms with E-state index in [0.29, 0.717) is 12.3 Å². The second-order valence-corrected chi connectivity index (χ2v) is 15.0. The number of Topliss-reactive ketones (excluding diaryl/α,β-unsaturated/α-hetero) is 1. The molecule has 6 atom stereocenters. The van der Waals surface area contributed by atoms with Crippen LogP contribution in [0.1, 0.15) is 74.1 Å². The van der Waals surface area contributed by atoms with Gasteiger partial charge in [0.2, 0.25) is 5.95 Å². The first-order valence-electron chi connectivity index (χ1n) is 18.2. The lowest BCUT2D eigenvalue weighted by molar-refractivity contribution is -0.159. The molecule has 3 fully saturated rings. The molecule has 1 N–H and O–H groups in total. The number of aliphatic hydroxyl groups is 1. The van der Waals surface area contributed by atoms with Crippen molar-refractivity contribution in [3.63, 3.8) is 0 Å². The second-order valence-electron chi connectivity index (χ2n) is 15.0. The van der Waals surface area contributed by atoms with Gasteiger partial charge in [0.05, 0.1) is 6.54 Å². The number of rotatable bonds is 10. The van der Waals surface area contributed by atoms with E-state index < -0.39 is 11.0 Å². The summed E-state index contributed by atoms with van der Waals surface area (Å²) >= 11 is 0. The van der Waals surface area contributed by atoms with Crippen LogP contribution in [0, 0.1) is 28.6 Å². The average molecular weight is 645 g/mol. The Hall–Kier alpha value is -3.04. The standard InChI is InChI=1S/C38H56N6O3/c1-8-42(9-2)33-24-34(40-35(39-33)43(10-3)11-4)44-20-18-41(19-21-44)25-32(46)38(47)26(5)22-31-29-13-12-27-23-28(45)14-16-36(27,6)30(29)15-17-37(31,38)7/h14-16,23-24,26,29,31,47H,8-13,17-22,25H2,1-7H3/t26?,29-,31+,36+,37+,38+/m1/s1. The van der Waals surface area contributed by atoms with Crippen LogP contribution in [0.15, 0.2) is 41.5 Å². The third-order valence-electron chi connectivity index (χ3n) is 12.8. The van der Waals surface area contributed by atoms with Gasteiger partial charge in [0, 0.05) is 69.3 Å². The molecule has 1 saturated heterocycles. The van der Waals surface area contributed by atoms with Crippen LogP contribution in [0.2, 0.25) is 0 Å². The largest absolute Gasteiger partial charge is 0.381 e. The van der Waals surface area contributed by atoms with Crippen molar-refractivity contribution >= 4 is 29.2 Å². The third kappa shape index (κ3) is 5.45. The van der Waals surface area contributed by atoms with E-state index in [1.54, 1.807) is 6.08 Å². The highest BCUT2D eigenvalue weighted by Gasteiger charge is 2.67. The van der Waals surface area contributed by atoms with Gasteiger partial charge in [-0.05, 0) is 90.2 Å². The Balaban J connectivity index is 1.17. The molecule has 0 radical (unpaired) electrons. The number of fused-ring (bicyclic) bond motifs is 5. The Morgan fingerprint density at radius 2 is 1.70 bits per heavy atom. The minimum atomic E-state index is -1.36. The summed E-state index contributed by atoms with van der Waals surface area (Å²) in [7, 11) is 0. The molecular weight excluding hydrogens is 588 g/mol. The summed E-state index contributed by atoms with van der Waals surface area (Å²) in [6, 6.07) is 2.11. The fraction of sp³-hybridized carbons (Fsp3) is 0.684. The van der Waals surface area contributed by atoms with E-state index >= 15 is 0 Å². The smallest absolute Gasteiger partial charge is 0.229 e. The Bertz CT molecular complexity index is 1440. The number of aromatic nitrogens is 2. The van der Waals surface area contributed by atoms with E-state index in [2.05, 4.69) is 86.3 Å². The number of hydrogen-bond donors (Lipinski definition) is 1. The van der Waals surface area contributed by atoms with Crippen molar-refractivity contribution in [2.24, 2.45) is 28.6 Å². The van der Waals surface area contributed by atoms with Gasteiger partial charge in [-0.1, -0.05) is 37.1 Å². The second kappa shape index (κ2) is 12.8. The molecule has 0 aromatic carbocycles. The number of nitrogens with zero attached hydrogens (tertiary/aromatic N) is 6. The average Bonchev–Trinajstić information content (AvgIpc) is 3.28. The Morgan fingerprint density at radius 1 is 1.02 bits per heavy atom. The van der Waals surface area contributed by atoms with Crippen LogP contribution in [-0.2, 0) is 9.59 Å². The summed E-state index contributed by atoms with van der Waals surface area (Å²) in [6.07, 6.45) is 11.4. The normalized spacial score (nSPS) is 33.5. The maximum absolute atomic E-state index is 14.3. The molecule has 2 heterocycles. The monoisotopic (exact) mass is 644 g/mol. The molecule has 47 heavy (non-hydrogen) atoms.